The zero-order chi connectivity index (χ0) is 59.1. The van der Waals surface area contributed by atoms with Crippen LogP contribution in [-0.2, 0) is 0 Å². The van der Waals surface area contributed by atoms with E-state index in [9.17, 15) is 0 Å². The molecule has 2 aromatic carbocycles. The summed E-state index contributed by atoms with van der Waals surface area (Å²) >= 11 is 0. The molecule has 1 aromatic heterocycles. The average molecular weight is 1160 g/mol. The SMILES string of the molecule is CCCCCCCCCCOc1cc(-c2cc(-c3ccc(OCCCCCCCCCC)c(OCCCCCCCCCC)c3OCCCCCCCCCC)[nH]n2)cc(OCCCCCCCCCC)c1OCCCCCCCCCC. The largest absolute Gasteiger partial charge is 0.490 e. The van der Waals surface area contributed by atoms with Crippen molar-refractivity contribution in [3.05, 3.63) is 30.3 Å². The first-order valence-electron chi connectivity index (χ1n) is 36.3. The number of nitrogens with zero attached hydrogens (tertiary/aromatic N) is 1. The highest BCUT2D eigenvalue weighted by atomic mass is 16.5. The number of aromatic nitrogens is 2. The lowest BCUT2D eigenvalue weighted by atomic mass is 10.1. The molecule has 3 rings (SSSR count). The number of H-pyrrole nitrogens is 1. The van der Waals surface area contributed by atoms with Crippen molar-refractivity contribution in [1.82, 2.24) is 10.2 Å². The number of benzene rings is 2. The summed E-state index contributed by atoms with van der Waals surface area (Å²) in [5, 5.41) is 8.55. The molecule has 0 aliphatic carbocycles. The third-order valence-electron chi connectivity index (χ3n) is 16.8. The second-order valence-corrected chi connectivity index (χ2v) is 24.7. The van der Waals surface area contributed by atoms with Crippen LogP contribution in [0.1, 0.15) is 350 Å². The van der Waals surface area contributed by atoms with Gasteiger partial charge in [-0.3, -0.25) is 5.10 Å². The summed E-state index contributed by atoms with van der Waals surface area (Å²) < 4.78 is 41.0. The Bertz CT molecular complexity index is 1850. The first kappa shape index (κ1) is 73.7. The van der Waals surface area contributed by atoms with Crippen molar-refractivity contribution in [3.63, 3.8) is 0 Å². The first-order valence-corrected chi connectivity index (χ1v) is 36.3. The highest BCUT2D eigenvalue weighted by molar-refractivity contribution is 5.78. The number of ether oxygens (including phenoxy) is 6. The highest BCUT2D eigenvalue weighted by Gasteiger charge is 2.23. The molecule has 0 amide bonds. The summed E-state index contributed by atoms with van der Waals surface area (Å²) in [6.07, 6.45) is 60.2. The zero-order valence-electron chi connectivity index (χ0n) is 55.5. The number of aromatic amines is 1. The van der Waals surface area contributed by atoms with Gasteiger partial charge >= 0.3 is 0 Å². The second-order valence-electron chi connectivity index (χ2n) is 24.7. The molecule has 0 aliphatic heterocycles. The Morgan fingerprint density at radius 1 is 0.265 bits per heavy atom. The van der Waals surface area contributed by atoms with Crippen LogP contribution in [0.25, 0.3) is 22.5 Å². The van der Waals surface area contributed by atoms with E-state index in [0.29, 0.717) is 39.6 Å². The number of nitrogens with one attached hydrogen (secondary N) is 1. The molecule has 0 radical (unpaired) electrons. The maximum Gasteiger partial charge on any atom is 0.204 e. The van der Waals surface area contributed by atoms with Gasteiger partial charge < -0.3 is 28.4 Å². The molecule has 0 spiro atoms. The van der Waals surface area contributed by atoms with E-state index in [4.69, 9.17) is 33.5 Å². The topological polar surface area (TPSA) is 84.1 Å². The van der Waals surface area contributed by atoms with Gasteiger partial charge in [-0.15, -0.1) is 0 Å². The van der Waals surface area contributed by atoms with Gasteiger partial charge in [0, 0.05) is 11.1 Å². The Kier molecular flexibility index (Phi) is 47.9. The molecule has 8 nitrogen and oxygen atoms in total. The van der Waals surface area contributed by atoms with E-state index >= 15 is 0 Å². The Hall–Kier alpha value is -3.55. The average Bonchev–Trinajstić information content (AvgIpc) is 4.14. The normalized spacial score (nSPS) is 11.4. The van der Waals surface area contributed by atoms with Gasteiger partial charge in [0.15, 0.2) is 23.0 Å². The van der Waals surface area contributed by atoms with E-state index < -0.39 is 0 Å². The van der Waals surface area contributed by atoms with E-state index in [1.165, 1.54) is 257 Å². The lowest BCUT2D eigenvalue weighted by molar-refractivity contribution is 0.234. The fourth-order valence-corrected chi connectivity index (χ4v) is 11.3. The maximum absolute atomic E-state index is 6.97. The fraction of sp³-hybridized carbons (Fsp3) is 0.800. The quantitative estimate of drug-likeness (QED) is 0.0564. The molecule has 0 atom stereocenters. The Balaban J connectivity index is 2.02. The van der Waals surface area contributed by atoms with Gasteiger partial charge in [0.2, 0.25) is 11.5 Å². The van der Waals surface area contributed by atoms with Gasteiger partial charge in [-0.2, -0.15) is 5.10 Å². The van der Waals surface area contributed by atoms with Gasteiger partial charge in [0.25, 0.3) is 0 Å². The van der Waals surface area contributed by atoms with E-state index in [0.717, 1.165) is 108 Å². The van der Waals surface area contributed by atoms with Crippen molar-refractivity contribution in [2.45, 2.75) is 350 Å². The summed E-state index contributed by atoms with van der Waals surface area (Å²) in [7, 11) is 0. The Morgan fingerprint density at radius 3 is 0.855 bits per heavy atom. The first-order chi connectivity index (χ1) is 41.1. The minimum Gasteiger partial charge on any atom is -0.490 e. The molecule has 478 valence electrons. The Labute approximate surface area is 513 Å². The molecule has 0 saturated carbocycles. The second kappa shape index (κ2) is 53.9. The lowest BCUT2D eigenvalue weighted by Gasteiger charge is -2.20. The molecule has 8 heteroatoms. The fourth-order valence-electron chi connectivity index (χ4n) is 11.3. The molecule has 0 aliphatic rings. The van der Waals surface area contributed by atoms with Crippen molar-refractivity contribution >= 4 is 0 Å². The van der Waals surface area contributed by atoms with E-state index in [2.05, 4.69) is 77.0 Å². The third-order valence-corrected chi connectivity index (χ3v) is 16.8. The van der Waals surface area contributed by atoms with Gasteiger partial charge in [0.05, 0.1) is 51.0 Å². The summed E-state index contributed by atoms with van der Waals surface area (Å²) in [6, 6.07) is 10.7. The molecule has 83 heavy (non-hydrogen) atoms. The molecule has 0 unspecified atom stereocenters. The van der Waals surface area contributed by atoms with Gasteiger partial charge in [-0.05, 0) is 68.9 Å². The monoisotopic (exact) mass is 1160 g/mol. The molecule has 1 N–H and O–H groups in total. The van der Waals surface area contributed by atoms with E-state index in [1.807, 2.05) is 0 Å². The summed E-state index contributed by atoms with van der Waals surface area (Å²) in [4.78, 5) is 0. The van der Waals surface area contributed by atoms with Crippen molar-refractivity contribution in [2.75, 3.05) is 39.6 Å². The van der Waals surface area contributed by atoms with Gasteiger partial charge in [0.1, 0.15) is 0 Å². The number of hydrogen-bond donors (Lipinski definition) is 1. The zero-order valence-corrected chi connectivity index (χ0v) is 55.5. The molecule has 0 bridgehead atoms. The Morgan fingerprint density at radius 2 is 0.530 bits per heavy atom. The van der Waals surface area contributed by atoms with Crippen LogP contribution in [0.2, 0.25) is 0 Å². The molecular weight excluding hydrogens is 1020 g/mol. The van der Waals surface area contributed by atoms with Crippen LogP contribution in [-0.4, -0.2) is 49.8 Å². The van der Waals surface area contributed by atoms with E-state index in [-0.39, 0.29) is 0 Å². The molecular formula is C75H132N2O6. The van der Waals surface area contributed by atoms with Crippen LogP contribution in [0, 0.1) is 0 Å². The number of rotatable bonds is 62. The third kappa shape index (κ3) is 36.3. The van der Waals surface area contributed by atoms with Crippen LogP contribution in [0.4, 0.5) is 0 Å². The van der Waals surface area contributed by atoms with E-state index in [1.54, 1.807) is 0 Å². The van der Waals surface area contributed by atoms with Crippen molar-refractivity contribution < 1.29 is 28.4 Å². The summed E-state index contributed by atoms with van der Waals surface area (Å²) in [6.45, 7) is 17.6. The van der Waals surface area contributed by atoms with Gasteiger partial charge in [-0.1, -0.05) is 311 Å². The minimum atomic E-state index is 0.623. The van der Waals surface area contributed by atoms with Crippen LogP contribution in [0.5, 0.6) is 34.5 Å². The maximum atomic E-state index is 6.97. The predicted molar refractivity (Wildman–Crippen MR) is 358 cm³/mol. The van der Waals surface area contributed by atoms with Crippen molar-refractivity contribution in [3.8, 4) is 57.0 Å². The van der Waals surface area contributed by atoms with Crippen LogP contribution in [0.15, 0.2) is 30.3 Å². The van der Waals surface area contributed by atoms with Crippen LogP contribution >= 0.6 is 0 Å². The van der Waals surface area contributed by atoms with Crippen LogP contribution in [0.3, 0.4) is 0 Å². The molecule has 0 fully saturated rings. The predicted octanol–water partition coefficient (Wildman–Crippen LogP) is 24.9. The standard InChI is InChI=1S/C75H132N2O6/c1-7-13-19-25-31-37-43-49-57-78-70-56-55-67(73(81-60-52-46-40-34-28-22-16-10-4)75(70)83-62-54-48-42-36-30-24-18-12-6)69-65-68(76-77-69)66-63-71(79-58-50-44-38-32-26-20-14-8-2)74(82-61-53-47-41-35-29-23-17-11-5)72(64-66)80-59-51-45-39-33-27-21-15-9-3/h55-56,63-65H,7-54,57-62H2,1-6H3,(H,76,77). The number of hydrogen-bond acceptors (Lipinski definition) is 7. The van der Waals surface area contributed by atoms with Crippen molar-refractivity contribution in [1.29, 1.82) is 0 Å². The number of unbranched alkanes of at least 4 members (excludes halogenated alkanes) is 42. The highest BCUT2D eigenvalue weighted by Crippen LogP contribution is 2.47. The van der Waals surface area contributed by atoms with Gasteiger partial charge in [-0.25, -0.2) is 0 Å². The minimum absolute atomic E-state index is 0.623. The van der Waals surface area contributed by atoms with Crippen LogP contribution < -0.4 is 28.4 Å². The summed E-state index contributed by atoms with van der Waals surface area (Å²) in [5.41, 5.74) is 3.60. The smallest absolute Gasteiger partial charge is 0.204 e. The molecule has 0 saturated heterocycles. The summed E-state index contributed by atoms with van der Waals surface area (Å²) in [5.74, 6) is 4.51. The molecule has 1 heterocycles. The molecule has 3 aromatic rings. The van der Waals surface area contributed by atoms with Crippen molar-refractivity contribution in [2.24, 2.45) is 0 Å². The lowest BCUT2D eigenvalue weighted by Crippen LogP contribution is -2.07.